The fourth-order valence-corrected chi connectivity index (χ4v) is 3.34. The van der Waals surface area contributed by atoms with Crippen molar-refractivity contribution in [3.63, 3.8) is 0 Å². The van der Waals surface area contributed by atoms with Crippen molar-refractivity contribution in [1.29, 1.82) is 0 Å². The average Bonchev–Trinajstić information content (AvgIpc) is 2.87. The van der Waals surface area contributed by atoms with Crippen LogP contribution in [0.3, 0.4) is 0 Å². The van der Waals surface area contributed by atoms with E-state index < -0.39 is 0 Å². The maximum atomic E-state index is 12.8. The molecule has 0 bridgehead atoms. The Morgan fingerprint density at radius 1 is 1.27 bits per heavy atom. The summed E-state index contributed by atoms with van der Waals surface area (Å²) >= 11 is 0. The summed E-state index contributed by atoms with van der Waals surface area (Å²) in [5, 5.41) is 7.16. The van der Waals surface area contributed by atoms with Crippen LogP contribution in [-0.2, 0) is 11.2 Å². The Labute approximate surface area is 131 Å². The van der Waals surface area contributed by atoms with Crippen molar-refractivity contribution in [2.75, 3.05) is 6.54 Å². The van der Waals surface area contributed by atoms with Gasteiger partial charge in [0.15, 0.2) is 0 Å². The van der Waals surface area contributed by atoms with Gasteiger partial charge in [0, 0.05) is 17.8 Å². The summed E-state index contributed by atoms with van der Waals surface area (Å²) in [6.07, 6.45) is 3.78. The Morgan fingerprint density at radius 2 is 2.05 bits per heavy atom. The lowest BCUT2D eigenvalue weighted by atomic mass is 9.94. The summed E-state index contributed by atoms with van der Waals surface area (Å²) < 4.78 is 0. The lowest BCUT2D eigenvalue weighted by Crippen LogP contribution is -2.39. The highest BCUT2D eigenvalue weighted by atomic mass is 16.2. The van der Waals surface area contributed by atoms with Gasteiger partial charge in [0.05, 0.1) is 18.2 Å². The summed E-state index contributed by atoms with van der Waals surface area (Å²) in [6, 6.07) is 10.6. The lowest BCUT2D eigenvalue weighted by Gasteiger charge is -2.36. The van der Waals surface area contributed by atoms with Gasteiger partial charge in [-0.3, -0.25) is 9.89 Å². The minimum Gasteiger partial charge on any atom is -0.335 e. The molecule has 1 aliphatic heterocycles. The quantitative estimate of drug-likeness (QED) is 0.944. The van der Waals surface area contributed by atoms with Crippen LogP contribution in [0.15, 0.2) is 30.3 Å². The molecule has 1 atom stereocenters. The van der Waals surface area contributed by atoms with Gasteiger partial charge < -0.3 is 4.90 Å². The molecule has 1 fully saturated rings. The topological polar surface area (TPSA) is 49.0 Å². The van der Waals surface area contributed by atoms with Crippen molar-refractivity contribution in [2.24, 2.45) is 0 Å². The van der Waals surface area contributed by atoms with E-state index in [2.05, 4.69) is 39.4 Å². The number of carbonyl (C=O) groups excluding carboxylic acids is 1. The number of rotatable bonds is 3. The average molecular weight is 297 g/mol. The van der Waals surface area contributed by atoms with E-state index in [9.17, 15) is 4.79 Å². The summed E-state index contributed by atoms with van der Waals surface area (Å²) in [5.74, 6) is 0.209. The van der Waals surface area contributed by atoms with E-state index in [0.29, 0.717) is 6.42 Å². The van der Waals surface area contributed by atoms with Gasteiger partial charge >= 0.3 is 0 Å². The molecule has 1 N–H and O–H groups in total. The van der Waals surface area contributed by atoms with E-state index in [0.717, 1.165) is 36.3 Å². The highest BCUT2D eigenvalue weighted by Crippen LogP contribution is 2.31. The summed E-state index contributed by atoms with van der Waals surface area (Å²) in [4.78, 5) is 14.9. The second-order valence-electron chi connectivity index (χ2n) is 6.10. The third-order valence-electron chi connectivity index (χ3n) is 4.62. The van der Waals surface area contributed by atoms with Gasteiger partial charge in [0.25, 0.3) is 0 Å². The number of piperidine rings is 1. The number of hydrogen-bond acceptors (Lipinski definition) is 2. The van der Waals surface area contributed by atoms with Gasteiger partial charge in [-0.25, -0.2) is 0 Å². The Bertz CT molecular complexity index is 628. The molecule has 3 rings (SSSR count). The number of aromatic amines is 1. The Balaban J connectivity index is 1.80. The zero-order valence-electron chi connectivity index (χ0n) is 13.3. The molecule has 22 heavy (non-hydrogen) atoms. The molecule has 0 spiro atoms. The van der Waals surface area contributed by atoms with Crippen molar-refractivity contribution in [3.8, 4) is 0 Å². The maximum Gasteiger partial charge on any atom is 0.227 e. The Hall–Kier alpha value is -2.10. The van der Waals surface area contributed by atoms with Crippen LogP contribution >= 0.6 is 0 Å². The molecule has 0 aliphatic carbocycles. The first-order valence-corrected chi connectivity index (χ1v) is 8.01. The highest BCUT2D eigenvalue weighted by molar-refractivity contribution is 5.80. The number of carbonyl (C=O) groups is 1. The fraction of sp³-hybridized carbons (Fsp3) is 0.444. The number of aryl methyl sites for hydroxylation is 2. The third kappa shape index (κ3) is 2.91. The predicted octanol–water partition coefficient (Wildman–Crippen LogP) is 3.32. The van der Waals surface area contributed by atoms with Crippen molar-refractivity contribution in [3.05, 3.63) is 52.8 Å². The molecule has 2 aromatic rings. The van der Waals surface area contributed by atoms with Crippen LogP contribution in [0.5, 0.6) is 0 Å². The van der Waals surface area contributed by atoms with E-state index in [4.69, 9.17) is 0 Å². The van der Waals surface area contributed by atoms with E-state index in [-0.39, 0.29) is 11.9 Å². The van der Waals surface area contributed by atoms with Gasteiger partial charge in [-0.05, 0) is 38.7 Å². The summed E-state index contributed by atoms with van der Waals surface area (Å²) in [6.45, 7) is 4.79. The number of nitrogens with one attached hydrogen (secondary N) is 1. The minimum atomic E-state index is 0.209. The molecule has 1 amide bonds. The second-order valence-corrected chi connectivity index (χ2v) is 6.10. The van der Waals surface area contributed by atoms with Crippen LogP contribution in [0.1, 0.15) is 47.8 Å². The van der Waals surface area contributed by atoms with Gasteiger partial charge in [-0.1, -0.05) is 30.3 Å². The van der Waals surface area contributed by atoms with E-state index in [1.54, 1.807) is 0 Å². The van der Waals surface area contributed by atoms with Crippen molar-refractivity contribution < 1.29 is 4.79 Å². The normalized spacial score (nSPS) is 18.5. The zero-order chi connectivity index (χ0) is 15.5. The highest BCUT2D eigenvalue weighted by Gasteiger charge is 2.28. The lowest BCUT2D eigenvalue weighted by molar-refractivity contribution is -0.134. The molecule has 0 saturated carbocycles. The Morgan fingerprint density at radius 3 is 2.73 bits per heavy atom. The second kappa shape index (κ2) is 6.34. The molecular weight excluding hydrogens is 274 g/mol. The summed E-state index contributed by atoms with van der Waals surface area (Å²) in [5.41, 5.74) is 4.22. The number of likely N-dealkylation sites (tertiary alicyclic amines) is 1. The number of nitrogens with zero attached hydrogens (tertiary/aromatic N) is 2. The predicted molar refractivity (Wildman–Crippen MR) is 86.5 cm³/mol. The van der Waals surface area contributed by atoms with E-state index >= 15 is 0 Å². The first-order valence-electron chi connectivity index (χ1n) is 8.01. The van der Waals surface area contributed by atoms with Crippen LogP contribution < -0.4 is 0 Å². The molecule has 1 aliphatic rings. The van der Waals surface area contributed by atoms with Gasteiger partial charge in [0.1, 0.15) is 0 Å². The number of H-pyrrole nitrogens is 1. The van der Waals surface area contributed by atoms with E-state index in [1.165, 1.54) is 12.0 Å². The van der Waals surface area contributed by atoms with Crippen molar-refractivity contribution in [2.45, 2.75) is 45.6 Å². The van der Waals surface area contributed by atoms with Crippen LogP contribution in [0.4, 0.5) is 0 Å². The van der Waals surface area contributed by atoms with Crippen LogP contribution in [-0.4, -0.2) is 27.5 Å². The van der Waals surface area contributed by atoms with Gasteiger partial charge in [-0.2, -0.15) is 5.10 Å². The number of amides is 1. The van der Waals surface area contributed by atoms with E-state index in [1.807, 2.05) is 19.9 Å². The monoisotopic (exact) mass is 297 g/mol. The van der Waals surface area contributed by atoms with Crippen molar-refractivity contribution >= 4 is 5.91 Å². The standard InChI is InChI=1S/C18H23N3O/c1-13-16(14(2)20-19-13)12-18(22)21-11-7-6-10-17(21)15-8-4-3-5-9-15/h3-5,8-9,17H,6-7,10-12H2,1-2H3,(H,19,20). The molecule has 0 radical (unpaired) electrons. The molecule has 4 nitrogen and oxygen atoms in total. The first kappa shape index (κ1) is 14.8. The largest absolute Gasteiger partial charge is 0.335 e. The minimum absolute atomic E-state index is 0.209. The Kier molecular flexibility index (Phi) is 4.27. The van der Waals surface area contributed by atoms with Crippen molar-refractivity contribution in [1.82, 2.24) is 15.1 Å². The smallest absolute Gasteiger partial charge is 0.227 e. The molecule has 2 heterocycles. The zero-order valence-corrected chi connectivity index (χ0v) is 13.3. The third-order valence-corrected chi connectivity index (χ3v) is 4.62. The van der Waals surface area contributed by atoms with Crippen LogP contribution in [0, 0.1) is 13.8 Å². The molecule has 1 saturated heterocycles. The molecular formula is C18H23N3O. The van der Waals surface area contributed by atoms with Gasteiger partial charge in [0.2, 0.25) is 5.91 Å². The fourth-order valence-electron chi connectivity index (χ4n) is 3.34. The maximum absolute atomic E-state index is 12.8. The van der Waals surface area contributed by atoms with Crippen LogP contribution in [0.25, 0.3) is 0 Å². The number of hydrogen-bond donors (Lipinski definition) is 1. The van der Waals surface area contributed by atoms with Gasteiger partial charge in [-0.15, -0.1) is 0 Å². The first-order chi connectivity index (χ1) is 10.7. The molecule has 1 aromatic carbocycles. The molecule has 4 heteroatoms. The summed E-state index contributed by atoms with van der Waals surface area (Å²) in [7, 11) is 0. The molecule has 1 unspecified atom stereocenters. The number of aromatic nitrogens is 2. The number of benzene rings is 1. The molecule has 116 valence electrons. The van der Waals surface area contributed by atoms with Crippen LogP contribution in [0.2, 0.25) is 0 Å². The molecule has 1 aromatic heterocycles. The SMILES string of the molecule is Cc1n[nH]c(C)c1CC(=O)N1CCCCC1c1ccccc1.